The molecular formula is C17H25NO4. The van der Waals surface area contributed by atoms with Gasteiger partial charge in [-0.3, -0.25) is 4.79 Å². The molecule has 0 bridgehead atoms. The molecule has 2 N–H and O–H groups in total. The minimum Gasteiger partial charge on any atom is -0.478 e. The van der Waals surface area contributed by atoms with Crippen molar-refractivity contribution in [2.75, 3.05) is 19.8 Å². The molecule has 0 saturated carbocycles. The van der Waals surface area contributed by atoms with Gasteiger partial charge in [0.05, 0.1) is 5.56 Å². The van der Waals surface area contributed by atoms with Crippen LogP contribution in [0, 0.1) is 5.92 Å². The first kappa shape index (κ1) is 18.2. The van der Waals surface area contributed by atoms with E-state index >= 15 is 0 Å². The van der Waals surface area contributed by atoms with E-state index in [2.05, 4.69) is 19.2 Å². The summed E-state index contributed by atoms with van der Waals surface area (Å²) in [5.74, 6) is -0.405. The number of carbonyl (C=O) groups excluding carboxylic acids is 1. The fraction of sp³-hybridized carbons (Fsp3) is 0.529. The van der Waals surface area contributed by atoms with E-state index in [1.54, 1.807) is 24.3 Å². The quantitative estimate of drug-likeness (QED) is 0.651. The standard InChI is InChI=1S/C17H25NO4/c1-13(2)12-22-11-3-10-18-16(19)9-6-14-4-7-15(8-5-14)17(20)21/h4-5,7-8,13H,3,6,9-12H2,1-2H3,(H,18,19)(H,20,21). The molecule has 0 heterocycles. The predicted molar refractivity (Wildman–Crippen MR) is 85.0 cm³/mol. The highest BCUT2D eigenvalue weighted by Crippen LogP contribution is 2.06. The van der Waals surface area contributed by atoms with Crippen molar-refractivity contribution >= 4 is 11.9 Å². The Labute approximate surface area is 131 Å². The molecule has 0 aliphatic heterocycles. The average Bonchev–Trinajstić information content (AvgIpc) is 2.48. The number of hydrogen-bond donors (Lipinski definition) is 2. The highest BCUT2D eigenvalue weighted by Gasteiger charge is 2.04. The van der Waals surface area contributed by atoms with Gasteiger partial charge in [0.2, 0.25) is 5.91 Å². The maximum atomic E-state index is 11.7. The number of rotatable bonds is 10. The summed E-state index contributed by atoms with van der Waals surface area (Å²) in [4.78, 5) is 22.4. The lowest BCUT2D eigenvalue weighted by atomic mass is 10.1. The number of carboxylic acids is 1. The summed E-state index contributed by atoms with van der Waals surface area (Å²) in [5.41, 5.74) is 1.22. The smallest absolute Gasteiger partial charge is 0.335 e. The topological polar surface area (TPSA) is 75.6 Å². The number of benzene rings is 1. The number of aryl methyl sites for hydroxylation is 1. The Morgan fingerprint density at radius 3 is 2.50 bits per heavy atom. The monoisotopic (exact) mass is 307 g/mol. The van der Waals surface area contributed by atoms with E-state index in [0.717, 1.165) is 18.6 Å². The summed E-state index contributed by atoms with van der Waals surface area (Å²) in [5, 5.41) is 11.7. The lowest BCUT2D eigenvalue weighted by Gasteiger charge is -2.08. The molecule has 0 spiro atoms. The number of nitrogens with one attached hydrogen (secondary N) is 1. The van der Waals surface area contributed by atoms with Crippen LogP contribution in [0.25, 0.3) is 0 Å². The van der Waals surface area contributed by atoms with Crippen molar-refractivity contribution in [2.24, 2.45) is 5.92 Å². The molecule has 122 valence electrons. The van der Waals surface area contributed by atoms with Crippen molar-refractivity contribution in [3.8, 4) is 0 Å². The molecule has 5 heteroatoms. The van der Waals surface area contributed by atoms with E-state index in [1.807, 2.05) is 0 Å². The second-order valence-electron chi connectivity index (χ2n) is 5.67. The van der Waals surface area contributed by atoms with Crippen LogP contribution in [0.4, 0.5) is 0 Å². The summed E-state index contributed by atoms with van der Waals surface area (Å²) in [6, 6.07) is 6.61. The second kappa shape index (κ2) is 9.95. The van der Waals surface area contributed by atoms with Crippen LogP contribution in [-0.4, -0.2) is 36.7 Å². The van der Waals surface area contributed by atoms with Crippen molar-refractivity contribution in [1.29, 1.82) is 0 Å². The number of amides is 1. The molecule has 0 fully saturated rings. The minimum atomic E-state index is -0.941. The molecule has 0 saturated heterocycles. The summed E-state index contributed by atoms with van der Waals surface area (Å²) in [6.45, 7) is 6.24. The zero-order valence-electron chi connectivity index (χ0n) is 13.3. The number of hydrogen-bond acceptors (Lipinski definition) is 3. The van der Waals surface area contributed by atoms with Gasteiger partial charge in [0, 0.05) is 26.2 Å². The van der Waals surface area contributed by atoms with E-state index < -0.39 is 5.97 Å². The van der Waals surface area contributed by atoms with Gasteiger partial charge in [-0.25, -0.2) is 4.79 Å². The average molecular weight is 307 g/mol. The van der Waals surface area contributed by atoms with Crippen LogP contribution < -0.4 is 5.32 Å². The molecule has 0 radical (unpaired) electrons. The van der Waals surface area contributed by atoms with E-state index in [0.29, 0.717) is 31.9 Å². The highest BCUT2D eigenvalue weighted by atomic mass is 16.5. The molecule has 1 aromatic rings. The van der Waals surface area contributed by atoms with E-state index in [-0.39, 0.29) is 11.5 Å². The van der Waals surface area contributed by atoms with Gasteiger partial charge in [-0.1, -0.05) is 26.0 Å². The summed E-state index contributed by atoms with van der Waals surface area (Å²) < 4.78 is 5.44. The minimum absolute atomic E-state index is 0.00571. The Kier molecular flexibility index (Phi) is 8.22. The van der Waals surface area contributed by atoms with Gasteiger partial charge in [0.1, 0.15) is 0 Å². The predicted octanol–water partition coefficient (Wildman–Crippen LogP) is 2.50. The van der Waals surface area contributed by atoms with Gasteiger partial charge in [-0.05, 0) is 36.5 Å². The summed E-state index contributed by atoms with van der Waals surface area (Å²) >= 11 is 0. The maximum Gasteiger partial charge on any atom is 0.335 e. The van der Waals surface area contributed by atoms with Crippen LogP contribution in [0.1, 0.15) is 42.6 Å². The fourth-order valence-corrected chi connectivity index (χ4v) is 1.88. The lowest BCUT2D eigenvalue weighted by Crippen LogP contribution is -2.25. The molecule has 0 atom stereocenters. The third-order valence-corrected chi connectivity index (χ3v) is 3.08. The molecule has 0 aliphatic rings. The van der Waals surface area contributed by atoms with Gasteiger partial charge in [0.25, 0.3) is 0 Å². The molecule has 0 unspecified atom stereocenters. The zero-order valence-corrected chi connectivity index (χ0v) is 13.3. The van der Waals surface area contributed by atoms with E-state index in [4.69, 9.17) is 9.84 Å². The van der Waals surface area contributed by atoms with Gasteiger partial charge >= 0.3 is 5.97 Å². The third-order valence-electron chi connectivity index (χ3n) is 3.08. The Hall–Kier alpha value is -1.88. The van der Waals surface area contributed by atoms with Crippen LogP contribution in [0.5, 0.6) is 0 Å². The lowest BCUT2D eigenvalue weighted by molar-refractivity contribution is -0.121. The first-order valence-electron chi connectivity index (χ1n) is 7.65. The van der Waals surface area contributed by atoms with Crippen molar-refractivity contribution in [3.05, 3.63) is 35.4 Å². The fourth-order valence-electron chi connectivity index (χ4n) is 1.88. The molecule has 1 aromatic carbocycles. The SMILES string of the molecule is CC(C)COCCCNC(=O)CCc1ccc(C(=O)O)cc1. The van der Waals surface area contributed by atoms with Crippen molar-refractivity contribution in [2.45, 2.75) is 33.1 Å². The van der Waals surface area contributed by atoms with Gasteiger partial charge < -0.3 is 15.2 Å². The first-order valence-corrected chi connectivity index (χ1v) is 7.65. The second-order valence-corrected chi connectivity index (χ2v) is 5.67. The number of ether oxygens (including phenoxy) is 1. The molecule has 22 heavy (non-hydrogen) atoms. The molecule has 0 aromatic heterocycles. The van der Waals surface area contributed by atoms with E-state index in [9.17, 15) is 9.59 Å². The Bertz CT molecular complexity index is 468. The normalized spacial score (nSPS) is 10.7. The Morgan fingerprint density at radius 1 is 1.23 bits per heavy atom. The number of carbonyl (C=O) groups is 2. The highest BCUT2D eigenvalue weighted by molar-refractivity contribution is 5.87. The van der Waals surface area contributed by atoms with Crippen LogP contribution in [-0.2, 0) is 16.0 Å². The molecule has 1 amide bonds. The summed E-state index contributed by atoms with van der Waals surface area (Å²) in [7, 11) is 0. The first-order chi connectivity index (χ1) is 10.5. The van der Waals surface area contributed by atoms with Gasteiger partial charge in [-0.15, -0.1) is 0 Å². The number of aromatic carboxylic acids is 1. The Morgan fingerprint density at radius 2 is 1.91 bits per heavy atom. The summed E-state index contributed by atoms with van der Waals surface area (Å²) in [6.07, 6.45) is 1.82. The Balaban J connectivity index is 2.14. The van der Waals surface area contributed by atoms with Crippen LogP contribution in [0.2, 0.25) is 0 Å². The molecule has 5 nitrogen and oxygen atoms in total. The third kappa shape index (κ3) is 7.78. The zero-order chi connectivity index (χ0) is 16.4. The largest absolute Gasteiger partial charge is 0.478 e. The van der Waals surface area contributed by atoms with Gasteiger partial charge in [0.15, 0.2) is 0 Å². The van der Waals surface area contributed by atoms with Crippen molar-refractivity contribution in [3.63, 3.8) is 0 Å². The maximum absolute atomic E-state index is 11.7. The van der Waals surface area contributed by atoms with Crippen molar-refractivity contribution in [1.82, 2.24) is 5.32 Å². The molecule has 1 rings (SSSR count). The van der Waals surface area contributed by atoms with Crippen LogP contribution in [0.3, 0.4) is 0 Å². The van der Waals surface area contributed by atoms with Crippen molar-refractivity contribution < 1.29 is 19.4 Å². The van der Waals surface area contributed by atoms with E-state index in [1.165, 1.54) is 0 Å². The number of carboxylic acid groups (broad SMARTS) is 1. The van der Waals surface area contributed by atoms with Gasteiger partial charge in [-0.2, -0.15) is 0 Å². The molecule has 0 aliphatic carbocycles. The van der Waals surface area contributed by atoms with Crippen LogP contribution >= 0.6 is 0 Å². The molecular weight excluding hydrogens is 282 g/mol. The van der Waals surface area contributed by atoms with Crippen LogP contribution in [0.15, 0.2) is 24.3 Å².